The normalized spacial score (nSPS) is 18.8. The number of primary amides is 1. The third-order valence-electron chi connectivity index (χ3n) is 4.90. The minimum Gasteiger partial charge on any atom is -0.364 e. The van der Waals surface area contributed by atoms with Crippen molar-refractivity contribution in [2.24, 2.45) is 5.73 Å². The molecule has 0 bridgehead atoms. The highest BCUT2D eigenvalue weighted by molar-refractivity contribution is 5.90. The Morgan fingerprint density at radius 2 is 2.08 bits per heavy atom. The van der Waals surface area contributed by atoms with Crippen molar-refractivity contribution >= 4 is 11.8 Å². The molecule has 3 N–H and O–H groups in total. The largest absolute Gasteiger partial charge is 0.364 e. The fraction of sp³-hybridized carbons (Fsp3) is 0.421. The van der Waals surface area contributed by atoms with E-state index in [1.807, 2.05) is 42.2 Å². The molecule has 1 saturated heterocycles. The van der Waals surface area contributed by atoms with E-state index in [-0.39, 0.29) is 23.6 Å². The molecule has 2 aromatic rings. The number of hydrogen-bond donors (Lipinski definition) is 2. The molecule has 0 radical (unpaired) electrons. The van der Waals surface area contributed by atoms with Crippen LogP contribution in [0, 0.1) is 0 Å². The number of carbonyl (C=O) groups is 2. The zero-order valence-electron chi connectivity index (χ0n) is 14.4. The van der Waals surface area contributed by atoms with Crippen LogP contribution in [0.4, 0.5) is 0 Å². The van der Waals surface area contributed by atoms with E-state index in [9.17, 15) is 9.59 Å². The van der Waals surface area contributed by atoms with Crippen molar-refractivity contribution < 1.29 is 9.59 Å². The molecular weight excluding hydrogens is 316 g/mol. The van der Waals surface area contributed by atoms with Gasteiger partial charge in [0.2, 0.25) is 5.91 Å². The molecule has 0 unspecified atom stereocenters. The van der Waals surface area contributed by atoms with E-state index >= 15 is 0 Å². The zero-order chi connectivity index (χ0) is 17.8. The minimum absolute atomic E-state index is 0.0837. The lowest BCUT2D eigenvalue weighted by Crippen LogP contribution is -2.41. The van der Waals surface area contributed by atoms with Gasteiger partial charge in [-0.05, 0) is 37.3 Å². The van der Waals surface area contributed by atoms with Gasteiger partial charge in [0.15, 0.2) is 0 Å². The van der Waals surface area contributed by atoms with Crippen LogP contribution in [0.5, 0.6) is 0 Å². The van der Waals surface area contributed by atoms with Crippen LogP contribution in [-0.4, -0.2) is 33.5 Å². The summed E-state index contributed by atoms with van der Waals surface area (Å²) in [4.78, 5) is 26.5. The second-order valence-corrected chi connectivity index (χ2v) is 6.49. The van der Waals surface area contributed by atoms with Crippen LogP contribution >= 0.6 is 0 Å². The van der Waals surface area contributed by atoms with Crippen LogP contribution in [0.25, 0.3) is 0 Å². The second-order valence-electron chi connectivity index (χ2n) is 6.49. The number of benzene rings is 1. The van der Waals surface area contributed by atoms with E-state index < -0.39 is 5.91 Å². The summed E-state index contributed by atoms with van der Waals surface area (Å²) in [6, 6.07) is 11.5. The van der Waals surface area contributed by atoms with Gasteiger partial charge in [-0.25, -0.2) is 0 Å². The lowest BCUT2D eigenvalue weighted by atomic mass is 9.91. The summed E-state index contributed by atoms with van der Waals surface area (Å²) in [6.45, 7) is 2.76. The molecule has 132 valence electrons. The molecule has 1 aliphatic heterocycles. The zero-order valence-corrected chi connectivity index (χ0v) is 14.4. The summed E-state index contributed by atoms with van der Waals surface area (Å²) in [7, 11) is 0. The summed E-state index contributed by atoms with van der Waals surface area (Å²) in [5.41, 5.74) is 7.33. The summed E-state index contributed by atoms with van der Waals surface area (Å²) < 4.78 is 0. The molecule has 6 nitrogen and oxygen atoms in total. The van der Waals surface area contributed by atoms with Crippen molar-refractivity contribution in [3.05, 3.63) is 53.3 Å². The number of rotatable bonds is 5. The monoisotopic (exact) mass is 340 g/mol. The first-order valence-corrected chi connectivity index (χ1v) is 8.82. The average Bonchev–Trinajstić information content (AvgIpc) is 3.13. The van der Waals surface area contributed by atoms with E-state index in [2.05, 4.69) is 10.2 Å². The predicted octanol–water partition coefficient (Wildman–Crippen LogP) is 2.76. The van der Waals surface area contributed by atoms with Gasteiger partial charge in [-0.15, -0.1) is 0 Å². The van der Waals surface area contributed by atoms with Crippen LogP contribution in [0.2, 0.25) is 0 Å². The SMILES string of the molecule is CC[C@H](C(=O)N1CCCC[C@@H]1c1cc(C(N)=O)n[nH]1)c1ccccc1. The van der Waals surface area contributed by atoms with Crippen molar-refractivity contribution in [2.75, 3.05) is 6.54 Å². The number of aromatic nitrogens is 2. The summed E-state index contributed by atoms with van der Waals surface area (Å²) in [6.07, 6.45) is 3.64. The molecule has 1 aromatic carbocycles. The number of carbonyl (C=O) groups excluding carboxylic acids is 2. The van der Waals surface area contributed by atoms with Crippen molar-refractivity contribution in [2.45, 2.75) is 44.6 Å². The van der Waals surface area contributed by atoms with Crippen molar-refractivity contribution in [3.63, 3.8) is 0 Å². The highest BCUT2D eigenvalue weighted by atomic mass is 16.2. The maximum atomic E-state index is 13.3. The number of likely N-dealkylation sites (tertiary alicyclic amines) is 1. The van der Waals surface area contributed by atoms with Crippen LogP contribution in [-0.2, 0) is 4.79 Å². The maximum Gasteiger partial charge on any atom is 0.269 e. The molecule has 1 fully saturated rings. The molecule has 6 heteroatoms. The van der Waals surface area contributed by atoms with Gasteiger partial charge in [-0.3, -0.25) is 14.7 Å². The molecule has 2 heterocycles. The van der Waals surface area contributed by atoms with Crippen LogP contribution < -0.4 is 5.73 Å². The molecule has 1 aromatic heterocycles. The predicted molar refractivity (Wildman–Crippen MR) is 94.9 cm³/mol. The lowest BCUT2D eigenvalue weighted by molar-refractivity contribution is -0.137. The Hall–Kier alpha value is -2.63. The fourth-order valence-electron chi connectivity index (χ4n) is 3.59. The first-order chi connectivity index (χ1) is 12.1. The third-order valence-corrected chi connectivity index (χ3v) is 4.90. The first-order valence-electron chi connectivity index (χ1n) is 8.82. The number of hydrogen-bond acceptors (Lipinski definition) is 3. The van der Waals surface area contributed by atoms with Crippen molar-refractivity contribution in [1.82, 2.24) is 15.1 Å². The topological polar surface area (TPSA) is 92.1 Å². The van der Waals surface area contributed by atoms with Gasteiger partial charge in [0.1, 0.15) is 5.69 Å². The third kappa shape index (κ3) is 3.57. The lowest BCUT2D eigenvalue weighted by Gasteiger charge is -2.37. The number of nitrogens with two attached hydrogens (primary N) is 1. The summed E-state index contributed by atoms with van der Waals surface area (Å²) >= 11 is 0. The highest BCUT2D eigenvalue weighted by Crippen LogP contribution is 2.34. The maximum absolute atomic E-state index is 13.3. The van der Waals surface area contributed by atoms with E-state index in [0.29, 0.717) is 0 Å². The van der Waals surface area contributed by atoms with Crippen LogP contribution in [0.15, 0.2) is 36.4 Å². The molecule has 25 heavy (non-hydrogen) atoms. The number of piperidine rings is 1. The molecule has 0 saturated carbocycles. The highest BCUT2D eigenvalue weighted by Gasteiger charge is 2.33. The van der Waals surface area contributed by atoms with Gasteiger partial charge in [0, 0.05) is 6.54 Å². The first kappa shape index (κ1) is 17.2. The van der Waals surface area contributed by atoms with Gasteiger partial charge in [-0.2, -0.15) is 5.10 Å². The van der Waals surface area contributed by atoms with Gasteiger partial charge in [0.25, 0.3) is 5.91 Å². The van der Waals surface area contributed by atoms with Gasteiger partial charge < -0.3 is 10.6 Å². The van der Waals surface area contributed by atoms with E-state index in [0.717, 1.165) is 43.5 Å². The Balaban J connectivity index is 1.86. The number of amides is 2. The van der Waals surface area contributed by atoms with E-state index in [1.165, 1.54) is 0 Å². The molecule has 3 rings (SSSR count). The number of nitrogens with zero attached hydrogens (tertiary/aromatic N) is 2. The van der Waals surface area contributed by atoms with Gasteiger partial charge in [0.05, 0.1) is 17.7 Å². The Morgan fingerprint density at radius 3 is 2.72 bits per heavy atom. The molecule has 2 atom stereocenters. The minimum atomic E-state index is -0.563. The molecule has 1 aliphatic rings. The Kier molecular flexibility index (Phi) is 5.16. The Bertz CT molecular complexity index is 741. The molecule has 0 spiro atoms. The standard InChI is InChI=1S/C19H24N4O2/c1-2-14(13-8-4-3-5-9-13)19(25)23-11-7-6-10-17(23)15-12-16(18(20)24)22-21-15/h3-5,8-9,12,14,17H,2,6-7,10-11H2,1H3,(H2,20,24)(H,21,22)/t14-,17+/m0/s1. The summed E-state index contributed by atoms with van der Waals surface area (Å²) in [5, 5.41) is 6.86. The molecule has 0 aliphatic carbocycles. The number of aromatic amines is 1. The van der Waals surface area contributed by atoms with Crippen LogP contribution in [0.1, 0.15) is 66.3 Å². The van der Waals surface area contributed by atoms with Gasteiger partial charge >= 0.3 is 0 Å². The number of H-pyrrole nitrogens is 1. The second kappa shape index (κ2) is 7.51. The Morgan fingerprint density at radius 1 is 1.32 bits per heavy atom. The van der Waals surface area contributed by atoms with E-state index in [4.69, 9.17) is 5.73 Å². The average molecular weight is 340 g/mol. The fourth-order valence-corrected chi connectivity index (χ4v) is 3.59. The van der Waals surface area contributed by atoms with E-state index in [1.54, 1.807) is 6.07 Å². The Labute approximate surface area is 147 Å². The number of nitrogens with one attached hydrogen (secondary N) is 1. The van der Waals surface area contributed by atoms with Crippen LogP contribution in [0.3, 0.4) is 0 Å². The quantitative estimate of drug-likeness (QED) is 0.876. The molecule has 2 amide bonds. The smallest absolute Gasteiger partial charge is 0.269 e. The summed E-state index contributed by atoms with van der Waals surface area (Å²) in [5.74, 6) is -0.583. The van der Waals surface area contributed by atoms with Gasteiger partial charge in [-0.1, -0.05) is 37.3 Å². The molecular formula is C19H24N4O2. The van der Waals surface area contributed by atoms with Crippen molar-refractivity contribution in [3.8, 4) is 0 Å². The van der Waals surface area contributed by atoms with Crippen molar-refractivity contribution in [1.29, 1.82) is 0 Å².